The topological polar surface area (TPSA) is 60.5 Å². The number of ether oxygens (including phenoxy) is 1. The van der Waals surface area contributed by atoms with Crippen molar-refractivity contribution in [3.05, 3.63) is 36.0 Å². The largest absolute Gasteiger partial charge is 0.367 e. The van der Waals surface area contributed by atoms with Crippen LogP contribution in [0.2, 0.25) is 0 Å². The fourth-order valence-electron chi connectivity index (χ4n) is 2.75. The summed E-state index contributed by atoms with van der Waals surface area (Å²) in [5.74, 6) is -0.383. The van der Waals surface area contributed by atoms with E-state index in [1.165, 1.54) is 16.6 Å². The Hall–Kier alpha value is -1.85. The van der Waals surface area contributed by atoms with E-state index in [0.29, 0.717) is 13.2 Å². The van der Waals surface area contributed by atoms with Gasteiger partial charge in [0.25, 0.3) is 0 Å². The van der Waals surface area contributed by atoms with E-state index < -0.39 is 6.10 Å². The maximum Gasteiger partial charge on any atom is 0.247 e. The van der Waals surface area contributed by atoms with Crippen molar-refractivity contribution in [3.8, 4) is 0 Å². The zero-order valence-electron chi connectivity index (χ0n) is 11.6. The van der Waals surface area contributed by atoms with E-state index in [9.17, 15) is 4.79 Å². The number of para-hydroxylation sites is 1. The van der Waals surface area contributed by atoms with Crippen molar-refractivity contribution in [2.24, 2.45) is 12.8 Å². The number of carbonyl (C=O) groups is 1. The van der Waals surface area contributed by atoms with E-state index in [2.05, 4.69) is 34.7 Å². The number of carbonyl (C=O) groups excluding carboxylic acids is 1. The van der Waals surface area contributed by atoms with Gasteiger partial charge in [0.15, 0.2) is 0 Å². The summed E-state index contributed by atoms with van der Waals surface area (Å²) >= 11 is 0. The Kier molecular flexibility index (Phi) is 3.46. The van der Waals surface area contributed by atoms with Gasteiger partial charge in [-0.2, -0.15) is 0 Å². The van der Waals surface area contributed by atoms with Crippen LogP contribution in [0.1, 0.15) is 5.69 Å². The molecule has 1 aromatic carbocycles. The maximum absolute atomic E-state index is 11.2. The number of nitrogens with zero attached hydrogens (tertiary/aromatic N) is 2. The molecule has 106 valence electrons. The van der Waals surface area contributed by atoms with Crippen molar-refractivity contribution >= 4 is 16.8 Å². The summed E-state index contributed by atoms with van der Waals surface area (Å²) in [5, 5.41) is 1.24. The van der Waals surface area contributed by atoms with Crippen LogP contribution in [0.25, 0.3) is 10.9 Å². The number of morpholine rings is 1. The number of amides is 1. The highest BCUT2D eigenvalue weighted by Gasteiger charge is 2.25. The Balaban J connectivity index is 1.79. The number of hydrogen-bond donors (Lipinski definition) is 1. The first-order valence-corrected chi connectivity index (χ1v) is 6.82. The first-order valence-electron chi connectivity index (χ1n) is 6.82. The standard InChI is InChI=1S/C15H19N3O2/c1-17-12(8-11-4-2-3-5-13(11)17)9-18-6-7-20-14(10-18)15(16)19/h2-5,8,14H,6-7,9-10H2,1H3,(H2,16,19). The van der Waals surface area contributed by atoms with Gasteiger partial charge >= 0.3 is 0 Å². The van der Waals surface area contributed by atoms with Crippen LogP contribution in [0.15, 0.2) is 30.3 Å². The van der Waals surface area contributed by atoms with Gasteiger partial charge in [-0.25, -0.2) is 0 Å². The number of fused-ring (bicyclic) bond motifs is 1. The molecule has 3 rings (SSSR count). The first-order chi connectivity index (χ1) is 9.65. The normalized spacial score (nSPS) is 20.4. The van der Waals surface area contributed by atoms with Gasteiger partial charge in [0.05, 0.1) is 6.61 Å². The molecular formula is C15H19N3O2. The second kappa shape index (κ2) is 5.26. The number of benzene rings is 1. The number of primary amides is 1. The van der Waals surface area contributed by atoms with E-state index in [0.717, 1.165) is 13.1 Å². The van der Waals surface area contributed by atoms with Gasteiger partial charge in [0, 0.05) is 37.9 Å². The van der Waals surface area contributed by atoms with Gasteiger partial charge < -0.3 is 15.0 Å². The summed E-state index contributed by atoms with van der Waals surface area (Å²) in [4.78, 5) is 13.4. The lowest BCUT2D eigenvalue weighted by Crippen LogP contribution is -2.48. The molecule has 1 amide bonds. The molecule has 0 saturated carbocycles. The average Bonchev–Trinajstić information content (AvgIpc) is 2.76. The van der Waals surface area contributed by atoms with Crippen LogP contribution < -0.4 is 5.73 Å². The summed E-state index contributed by atoms with van der Waals surface area (Å²) in [5.41, 5.74) is 7.78. The second-order valence-corrected chi connectivity index (χ2v) is 5.25. The predicted molar refractivity (Wildman–Crippen MR) is 77.1 cm³/mol. The zero-order chi connectivity index (χ0) is 14.1. The third-order valence-corrected chi connectivity index (χ3v) is 3.90. The van der Waals surface area contributed by atoms with Gasteiger partial charge in [0.1, 0.15) is 6.10 Å². The zero-order valence-corrected chi connectivity index (χ0v) is 11.6. The molecule has 5 nitrogen and oxygen atoms in total. The predicted octanol–water partition coefficient (Wildman–Crippen LogP) is 0.864. The van der Waals surface area contributed by atoms with Crippen molar-refractivity contribution in [1.29, 1.82) is 0 Å². The lowest BCUT2D eigenvalue weighted by molar-refractivity contribution is -0.135. The Bertz CT molecular complexity index is 635. The van der Waals surface area contributed by atoms with Crippen molar-refractivity contribution < 1.29 is 9.53 Å². The minimum atomic E-state index is -0.488. The highest BCUT2D eigenvalue weighted by atomic mass is 16.5. The first kappa shape index (κ1) is 13.1. The second-order valence-electron chi connectivity index (χ2n) is 5.25. The average molecular weight is 273 g/mol. The lowest BCUT2D eigenvalue weighted by atomic mass is 10.2. The quantitative estimate of drug-likeness (QED) is 0.902. The van der Waals surface area contributed by atoms with Crippen LogP contribution in [-0.4, -0.2) is 41.2 Å². The van der Waals surface area contributed by atoms with Gasteiger partial charge in [-0.15, -0.1) is 0 Å². The van der Waals surface area contributed by atoms with Gasteiger partial charge in [-0.1, -0.05) is 18.2 Å². The third-order valence-electron chi connectivity index (χ3n) is 3.90. The van der Waals surface area contributed by atoms with Crippen LogP contribution in [-0.2, 0) is 23.1 Å². The van der Waals surface area contributed by atoms with Crippen LogP contribution in [0.5, 0.6) is 0 Å². The van der Waals surface area contributed by atoms with E-state index in [1.54, 1.807) is 0 Å². The van der Waals surface area contributed by atoms with Crippen molar-refractivity contribution in [2.75, 3.05) is 19.7 Å². The highest BCUT2D eigenvalue weighted by Crippen LogP contribution is 2.20. The molecule has 2 aromatic rings. The van der Waals surface area contributed by atoms with Crippen LogP contribution >= 0.6 is 0 Å². The number of rotatable bonds is 3. The minimum Gasteiger partial charge on any atom is -0.367 e. The summed E-state index contributed by atoms with van der Waals surface area (Å²) in [6, 6.07) is 10.5. The molecule has 1 aliphatic rings. The fraction of sp³-hybridized carbons (Fsp3) is 0.400. The van der Waals surface area contributed by atoms with Gasteiger partial charge in [-0.3, -0.25) is 9.69 Å². The van der Waals surface area contributed by atoms with Crippen LogP contribution in [0, 0.1) is 0 Å². The molecule has 0 bridgehead atoms. The van der Waals surface area contributed by atoms with Crippen LogP contribution in [0.4, 0.5) is 0 Å². The van der Waals surface area contributed by atoms with Crippen LogP contribution in [0.3, 0.4) is 0 Å². The summed E-state index contributed by atoms with van der Waals surface area (Å²) in [6.45, 7) is 2.75. The number of hydrogen-bond acceptors (Lipinski definition) is 3. The molecule has 1 fully saturated rings. The van der Waals surface area contributed by atoms with Crippen molar-refractivity contribution in [1.82, 2.24) is 9.47 Å². The molecule has 1 atom stereocenters. The van der Waals surface area contributed by atoms with Crippen molar-refractivity contribution in [3.63, 3.8) is 0 Å². The highest BCUT2D eigenvalue weighted by molar-refractivity contribution is 5.81. The number of aryl methyl sites for hydroxylation is 1. The molecule has 2 heterocycles. The Labute approximate surface area is 117 Å². The molecular weight excluding hydrogens is 254 g/mol. The molecule has 1 aromatic heterocycles. The molecule has 5 heteroatoms. The van der Waals surface area contributed by atoms with E-state index in [1.807, 2.05) is 12.1 Å². The summed E-state index contributed by atoms with van der Waals surface area (Å²) in [7, 11) is 2.07. The monoisotopic (exact) mass is 273 g/mol. The Morgan fingerprint density at radius 3 is 3.00 bits per heavy atom. The molecule has 0 aliphatic carbocycles. The Morgan fingerprint density at radius 1 is 1.45 bits per heavy atom. The van der Waals surface area contributed by atoms with Crippen molar-refractivity contribution in [2.45, 2.75) is 12.6 Å². The van der Waals surface area contributed by atoms with E-state index >= 15 is 0 Å². The smallest absolute Gasteiger partial charge is 0.247 e. The molecule has 1 aliphatic heterocycles. The Morgan fingerprint density at radius 2 is 2.25 bits per heavy atom. The van der Waals surface area contributed by atoms with E-state index in [-0.39, 0.29) is 5.91 Å². The molecule has 20 heavy (non-hydrogen) atoms. The lowest BCUT2D eigenvalue weighted by Gasteiger charge is -2.31. The third kappa shape index (κ3) is 2.42. The maximum atomic E-state index is 11.2. The number of aromatic nitrogens is 1. The van der Waals surface area contributed by atoms with E-state index in [4.69, 9.17) is 10.5 Å². The molecule has 2 N–H and O–H groups in total. The van der Waals surface area contributed by atoms with Gasteiger partial charge in [-0.05, 0) is 17.5 Å². The molecule has 1 saturated heterocycles. The van der Waals surface area contributed by atoms with Gasteiger partial charge in [0.2, 0.25) is 5.91 Å². The molecule has 0 spiro atoms. The molecule has 0 radical (unpaired) electrons. The minimum absolute atomic E-state index is 0.383. The number of nitrogens with two attached hydrogens (primary N) is 1. The summed E-state index contributed by atoms with van der Waals surface area (Å²) < 4.78 is 7.57. The fourth-order valence-corrected chi connectivity index (χ4v) is 2.75. The summed E-state index contributed by atoms with van der Waals surface area (Å²) in [6.07, 6.45) is -0.488. The SMILES string of the molecule is Cn1c(CN2CCOC(C(N)=O)C2)cc2ccccc21. The molecule has 1 unspecified atom stereocenters.